The Morgan fingerprint density at radius 3 is 0.833 bits per heavy atom. The van der Waals surface area contributed by atoms with Crippen LogP contribution >= 0.6 is 22.7 Å². The lowest BCUT2D eigenvalue weighted by molar-refractivity contribution is 0.400. The SMILES string of the molecule is CCCCCCCCCCC(CCCCCCCC)Cc1csc(-c2cc3c(cc(-c4cc(CC(CCCCCCCC)CCCCCCCCCC)cs4)c(=O)n3CCCCCCCC)n(CCCCCCCC)c2=O)c1. The zero-order valence-corrected chi connectivity index (χ0v) is 53.7. The van der Waals surface area contributed by atoms with Crippen molar-refractivity contribution in [3.05, 3.63) is 66.9 Å². The van der Waals surface area contributed by atoms with E-state index in [1.165, 1.54) is 268 Å². The maximum absolute atomic E-state index is 15.3. The van der Waals surface area contributed by atoms with E-state index in [-0.39, 0.29) is 11.1 Å². The number of aryl methyl sites for hydroxylation is 2. The second-order valence-electron chi connectivity index (χ2n) is 24.8. The minimum atomic E-state index is 0.119. The highest BCUT2D eigenvalue weighted by molar-refractivity contribution is 7.14. The number of hydrogen-bond acceptors (Lipinski definition) is 4. The number of nitrogens with zero attached hydrogens (tertiary/aromatic N) is 2. The summed E-state index contributed by atoms with van der Waals surface area (Å²) in [5.41, 5.74) is 6.50. The van der Waals surface area contributed by atoms with E-state index >= 15 is 9.59 Å². The molecule has 6 heteroatoms. The first-order chi connectivity index (χ1) is 38.4. The van der Waals surface area contributed by atoms with Crippen LogP contribution in [0.4, 0.5) is 0 Å². The molecule has 4 heterocycles. The summed E-state index contributed by atoms with van der Waals surface area (Å²) in [4.78, 5) is 32.7. The van der Waals surface area contributed by atoms with E-state index < -0.39 is 0 Å². The first-order valence-corrected chi connectivity index (χ1v) is 36.1. The number of hydrogen-bond donors (Lipinski definition) is 0. The quantitative estimate of drug-likeness (QED) is 0.0414. The van der Waals surface area contributed by atoms with Crippen molar-refractivity contribution < 1.29 is 0 Å². The average Bonchev–Trinajstić information content (AvgIpc) is 4.20. The van der Waals surface area contributed by atoms with Crippen LogP contribution in [0.3, 0.4) is 0 Å². The van der Waals surface area contributed by atoms with Gasteiger partial charge in [0.15, 0.2) is 0 Å². The van der Waals surface area contributed by atoms with Gasteiger partial charge in [-0.3, -0.25) is 9.59 Å². The van der Waals surface area contributed by atoms with Crippen LogP contribution in [0.15, 0.2) is 44.6 Å². The molecule has 78 heavy (non-hydrogen) atoms. The van der Waals surface area contributed by atoms with Crippen LogP contribution in [0.5, 0.6) is 0 Å². The van der Waals surface area contributed by atoms with Gasteiger partial charge in [0.25, 0.3) is 11.1 Å². The first kappa shape index (κ1) is 68.1. The summed E-state index contributed by atoms with van der Waals surface area (Å²) in [5, 5.41) is 4.74. The molecule has 4 aromatic heterocycles. The van der Waals surface area contributed by atoms with Gasteiger partial charge in [-0.25, -0.2) is 0 Å². The number of aromatic nitrogens is 2. The zero-order valence-electron chi connectivity index (χ0n) is 52.1. The highest BCUT2D eigenvalue weighted by atomic mass is 32.1. The number of unbranched alkanes of at least 4 members (excludes halogenated alkanes) is 34. The van der Waals surface area contributed by atoms with E-state index in [0.717, 1.165) is 70.4 Å². The molecule has 0 saturated carbocycles. The standard InChI is InChI=1S/C72H122N2O2S2/c1-7-13-19-25-31-33-37-43-49-61(47-41-35-27-21-15-9-3)53-63-55-69(77-59-63)65-57-67-68(73(71(65)75)51-45-39-29-23-17-11-5)58-66(72(76)74(67)52-46-40-30-24-18-12-6)70-56-64(60-78-70)54-62(48-42-36-28-22-16-10-4)50-44-38-34-32-26-20-14-8-2/h55-62H,7-54H2,1-6H3. The molecule has 4 aromatic rings. The molecule has 0 bridgehead atoms. The van der Waals surface area contributed by atoms with Crippen molar-refractivity contribution in [2.24, 2.45) is 11.8 Å². The smallest absolute Gasteiger partial charge is 0.259 e. The molecule has 0 aliphatic heterocycles. The Balaban J connectivity index is 1.69. The highest BCUT2D eigenvalue weighted by Gasteiger charge is 2.22. The minimum absolute atomic E-state index is 0.119. The summed E-state index contributed by atoms with van der Waals surface area (Å²) in [5.74, 6) is 1.39. The third kappa shape index (κ3) is 27.1. The van der Waals surface area contributed by atoms with Gasteiger partial charge in [0.1, 0.15) is 0 Å². The molecule has 0 aliphatic carbocycles. The Morgan fingerprint density at radius 1 is 0.321 bits per heavy atom. The van der Waals surface area contributed by atoms with E-state index in [4.69, 9.17) is 0 Å². The van der Waals surface area contributed by atoms with E-state index in [9.17, 15) is 0 Å². The third-order valence-electron chi connectivity index (χ3n) is 17.6. The number of rotatable bonds is 52. The fraction of sp³-hybridized carbons (Fsp3) is 0.778. The largest absolute Gasteiger partial charge is 0.306 e. The average molecular weight is 1110 g/mol. The van der Waals surface area contributed by atoms with Crippen LogP contribution in [0.25, 0.3) is 31.9 Å². The lowest BCUT2D eigenvalue weighted by Crippen LogP contribution is -2.28. The lowest BCUT2D eigenvalue weighted by Gasteiger charge is -2.18. The Morgan fingerprint density at radius 2 is 0.564 bits per heavy atom. The van der Waals surface area contributed by atoms with Gasteiger partial charge in [-0.05, 0) is 83.7 Å². The van der Waals surface area contributed by atoms with Gasteiger partial charge in [0.2, 0.25) is 0 Å². The van der Waals surface area contributed by atoms with Crippen molar-refractivity contribution in [3.63, 3.8) is 0 Å². The minimum Gasteiger partial charge on any atom is -0.306 e. The lowest BCUT2D eigenvalue weighted by atomic mass is 9.89. The van der Waals surface area contributed by atoms with Gasteiger partial charge in [0, 0.05) is 22.8 Å². The Bertz CT molecular complexity index is 2040. The zero-order chi connectivity index (χ0) is 55.7. The van der Waals surface area contributed by atoms with Crippen LogP contribution in [0, 0.1) is 11.8 Å². The van der Waals surface area contributed by atoms with Gasteiger partial charge in [-0.1, -0.05) is 311 Å². The Labute approximate surface area is 489 Å². The predicted octanol–water partition coefficient (Wildman–Crippen LogP) is 24.2. The predicted molar refractivity (Wildman–Crippen MR) is 351 cm³/mol. The highest BCUT2D eigenvalue weighted by Crippen LogP contribution is 2.34. The van der Waals surface area contributed by atoms with Crippen molar-refractivity contribution in [1.82, 2.24) is 9.13 Å². The van der Waals surface area contributed by atoms with E-state index in [1.54, 1.807) is 22.7 Å². The Kier molecular flexibility index (Phi) is 38.6. The van der Waals surface area contributed by atoms with Gasteiger partial charge in [-0.15, -0.1) is 22.7 Å². The van der Waals surface area contributed by atoms with Crippen molar-refractivity contribution in [1.29, 1.82) is 0 Å². The second-order valence-corrected chi connectivity index (χ2v) is 26.6. The summed E-state index contributed by atoms with van der Waals surface area (Å²) in [6.45, 7) is 15.2. The van der Waals surface area contributed by atoms with E-state index in [1.807, 2.05) is 0 Å². The summed E-state index contributed by atoms with van der Waals surface area (Å²) >= 11 is 3.52. The molecule has 4 rings (SSSR count). The van der Waals surface area contributed by atoms with Crippen LogP contribution in [-0.2, 0) is 25.9 Å². The number of thiophene rings is 2. The maximum atomic E-state index is 15.3. The molecule has 0 saturated heterocycles. The van der Waals surface area contributed by atoms with Crippen LogP contribution in [0.1, 0.15) is 335 Å². The molecule has 0 aliphatic rings. The van der Waals surface area contributed by atoms with E-state index in [2.05, 4.69) is 85.7 Å². The maximum Gasteiger partial charge on any atom is 0.259 e. The summed E-state index contributed by atoms with van der Waals surface area (Å²) in [6.07, 6.45) is 59.7. The molecule has 0 aromatic carbocycles. The van der Waals surface area contributed by atoms with Crippen LogP contribution in [-0.4, -0.2) is 9.13 Å². The van der Waals surface area contributed by atoms with Crippen molar-refractivity contribution >= 4 is 33.7 Å². The molecular weight excluding hydrogens is 989 g/mol. The fourth-order valence-corrected chi connectivity index (χ4v) is 14.4. The summed E-state index contributed by atoms with van der Waals surface area (Å²) in [7, 11) is 0. The van der Waals surface area contributed by atoms with Crippen LogP contribution in [0.2, 0.25) is 0 Å². The van der Waals surface area contributed by atoms with Crippen LogP contribution < -0.4 is 11.1 Å². The molecule has 2 unspecified atom stereocenters. The molecule has 444 valence electrons. The number of fused-ring (bicyclic) bond motifs is 1. The summed E-state index contributed by atoms with van der Waals surface area (Å²) in [6, 6.07) is 9.05. The Hall–Kier alpha value is -2.44. The van der Waals surface area contributed by atoms with Gasteiger partial charge >= 0.3 is 0 Å². The topological polar surface area (TPSA) is 44.0 Å². The summed E-state index contributed by atoms with van der Waals surface area (Å²) < 4.78 is 4.23. The van der Waals surface area contributed by atoms with Gasteiger partial charge in [-0.2, -0.15) is 0 Å². The van der Waals surface area contributed by atoms with Crippen molar-refractivity contribution in [2.75, 3.05) is 0 Å². The monoisotopic (exact) mass is 1110 g/mol. The number of pyridine rings is 2. The van der Waals surface area contributed by atoms with Crippen molar-refractivity contribution in [3.8, 4) is 20.9 Å². The molecule has 4 nitrogen and oxygen atoms in total. The molecular formula is C72H122N2O2S2. The normalized spacial score (nSPS) is 12.6. The molecule has 2 atom stereocenters. The molecule has 0 spiro atoms. The fourth-order valence-electron chi connectivity index (χ4n) is 12.6. The van der Waals surface area contributed by atoms with Gasteiger partial charge in [0.05, 0.1) is 22.2 Å². The molecule has 0 amide bonds. The van der Waals surface area contributed by atoms with E-state index in [0.29, 0.717) is 24.9 Å². The van der Waals surface area contributed by atoms with Crippen molar-refractivity contribution in [2.45, 2.75) is 350 Å². The van der Waals surface area contributed by atoms with Gasteiger partial charge < -0.3 is 9.13 Å². The first-order valence-electron chi connectivity index (χ1n) is 34.4. The second kappa shape index (κ2) is 44.2. The third-order valence-corrected chi connectivity index (χ3v) is 19.6. The molecule has 0 N–H and O–H groups in total. The molecule has 0 fully saturated rings. The molecule has 0 radical (unpaired) electrons.